The van der Waals surface area contributed by atoms with Crippen molar-refractivity contribution in [3.8, 4) is 0 Å². The van der Waals surface area contributed by atoms with Crippen molar-refractivity contribution in [3.05, 3.63) is 36.4 Å². The minimum atomic E-state index is -4.59. The molecule has 1 heterocycles. The van der Waals surface area contributed by atoms with Crippen LogP contribution >= 0.6 is 0 Å². The highest BCUT2D eigenvalue weighted by atomic mass is 32.3. The number of nitrogens with zero attached hydrogens (tertiary/aromatic N) is 1. The minimum absolute atomic E-state index is 0.00934. The van der Waals surface area contributed by atoms with Crippen LogP contribution in [0.1, 0.15) is 6.42 Å². The lowest BCUT2D eigenvalue weighted by molar-refractivity contribution is -0.117. The summed E-state index contributed by atoms with van der Waals surface area (Å²) in [4.78, 5) is 13.6. The van der Waals surface area contributed by atoms with Crippen molar-refractivity contribution in [1.29, 1.82) is 0 Å². The first kappa shape index (κ1) is 14.8. The second kappa shape index (κ2) is 5.24. The van der Waals surface area contributed by atoms with Crippen LogP contribution in [-0.4, -0.2) is 26.6 Å². The van der Waals surface area contributed by atoms with Crippen molar-refractivity contribution in [2.24, 2.45) is 5.92 Å². The van der Waals surface area contributed by atoms with Crippen LogP contribution in [0, 0.1) is 5.92 Å². The van der Waals surface area contributed by atoms with E-state index in [9.17, 15) is 17.1 Å². The third-order valence-corrected chi connectivity index (χ3v) is 4.70. The number of amides is 1. The molecule has 1 fully saturated rings. The van der Waals surface area contributed by atoms with Crippen LogP contribution in [0.5, 0.6) is 0 Å². The Morgan fingerprint density at radius 1 is 1.23 bits per heavy atom. The van der Waals surface area contributed by atoms with Gasteiger partial charge in [-0.3, -0.25) is 4.79 Å². The molecule has 1 aliphatic heterocycles. The summed E-state index contributed by atoms with van der Waals surface area (Å²) in [7, 11) is -4.59. The van der Waals surface area contributed by atoms with E-state index in [0.29, 0.717) is 11.4 Å². The van der Waals surface area contributed by atoms with Crippen molar-refractivity contribution in [2.75, 3.05) is 22.9 Å². The van der Waals surface area contributed by atoms with Gasteiger partial charge in [0.2, 0.25) is 5.91 Å². The monoisotopic (exact) mass is 322 g/mol. The molecule has 0 spiro atoms. The number of anilines is 2. The maximum atomic E-state index is 12.8. The fraction of sp³-hybridized carbons (Fsp3) is 0.267. The Kier molecular flexibility index (Phi) is 3.52. The predicted octanol–water partition coefficient (Wildman–Crippen LogP) is 2.07. The highest BCUT2D eigenvalue weighted by Gasteiger charge is 2.34. The van der Waals surface area contributed by atoms with Crippen LogP contribution in [0.2, 0.25) is 0 Å². The Labute approximate surface area is 127 Å². The average Bonchev–Trinajstić information content (AvgIpc) is 2.76. The molecule has 2 aromatic carbocycles. The summed E-state index contributed by atoms with van der Waals surface area (Å²) in [6.45, 7) is 0.157. The van der Waals surface area contributed by atoms with E-state index in [0.717, 1.165) is 10.8 Å². The SMILES string of the molecule is Nc1cc2ccccc2cc1N1CC(CS(=O)(=O)F)CC1=O. The van der Waals surface area contributed by atoms with Crippen LogP contribution in [-0.2, 0) is 15.0 Å². The second-order valence-electron chi connectivity index (χ2n) is 5.54. The van der Waals surface area contributed by atoms with Gasteiger partial charge in [0.15, 0.2) is 0 Å². The molecule has 0 aliphatic carbocycles. The third kappa shape index (κ3) is 2.89. The molecule has 0 radical (unpaired) electrons. The lowest BCUT2D eigenvalue weighted by Crippen LogP contribution is -2.26. The minimum Gasteiger partial charge on any atom is -0.397 e. The highest BCUT2D eigenvalue weighted by molar-refractivity contribution is 7.86. The summed E-state index contributed by atoms with van der Waals surface area (Å²) in [5, 5.41) is 1.89. The topological polar surface area (TPSA) is 80.5 Å². The number of halogens is 1. The van der Waals surface area contributed by atoms with Gasteiger partial charge in [-0.2, -0.15) is 8.42 Å². The number of nitrogen functional groups attached to an aromatic ring is 1. The first-order chi connectivity index (χ1) is 10.3. The fourth-order valence-corrected chi connectivity index (χ4v) is 3.67. The number of benzene rings is 2. The second-order valence-corrected chi connectivity index (χ2v) is 6.95. The van der Waals surface area contributed by atoms with Gasteiger partial charge in [-0.15, -0.1) is 3.89 Å². The van der Waals surface area contributed by atoms with Gasteiger partial charge >= 0.3 is 10.2 Å². The molecular weight excluding hydrogens is 307 g/mol. The molecule has 0 aromatic heterocycles. The summed E-state index contributed by atoms with van der Waals surface area (Å²) in [5.74, 6) is -1.42. The molecule has 1 saturated heterocycles. The van der Waals surface area contributed by atoms with Crippen LogP contribution in [0.15, 0.2) is 36.4 Å². The Morgan fingerprint density at radius 3 is 2.50 bits per heavy atom. The van der Waals surface area contributed by atoms with Gasteiger partial charge in [0.05, 0.1) is 17.1 Å². The third-order valence-electron chi connectivity index (χ3n) is 3.83. The van der Waals surface area contributed by atoms with Crippen molar-refractivity contribution in [1.82, 2.24) is 0 Å². The number of carbonyl (C=O) groups is 1. The van der Waals surface area contributed by atoms with Crippen molar-refractivity contribution < 1.29 is 17.1 Å². The summed E-state index contributed by atoms with van der Waals surface area (Å²) < 4.78 is 34.3. The van der Waals surface area contributed by atoms with Gasteiger partial charge in [-0.1, -0.05) is 24.3 Å². The molecule has 3 rings (SSSR count). The predicted molar refractivity (Wildman–Crippen MR) is 83.7 cm³/mol. The molecule has 2 N–H and O–H groups in total. The van der Waals surface area contributed by atoms with Crippen molar-refractivity contribution >= 4 is 38.3 Å². The van der Waals surface area contributed by atoms with Crippen LogP contribution in [0.3, 0.4) is 0 Å². The smallest absolute Gasteiger partial charge is 0.302 e. The van der Waals surface area contributed by atoms with E-state index in [2.05, 4.69) is 0 Å². The normalized spacial score (nSPS) is 19.0. The standard InChI is InChI=1S/C15H15FN2O3S/c16-22(20,21)9-10-5-15(19)18(8-10)14-7-12-4-2-1-3-11(12)6-13(14)17/h1-4,6-7,10H,5,8-9,17H2. The Bertz CT molecular complexity index is 851. The van der Waals surface area contributed by atoms with Crippen LogP contribution in [0.25, 0.3) is 10.8 Å². The number of hydrogen-bond acceptors (Lipinski definition) is 4. The van der Waals surface area contributed by atoms with Crippen molar-refractivity contribution in [3.63, 3.8) is 0 Å². The highest BCUT2D eigenvalue weighted by Crippen LogP contribution is 2.33. The molecule has 1 unspecified atom stereocenters. The fourth-order valence-electron chi connectivity index (χ4n) is 2.89. The molecule has 1 amide bonds. The van der Waals surface area contributed by atoms with E-state index >= 15 is 0 Å². The Balaban J connectivity index is 1.94. The lowest BCUT2D eigenvalue weighted by atomic mass is 10.1. The van der Waals surface area contributed by atoms with Gasteiger partial charge in [0, 0.05) is 18.9 Å². The van der Waals surface area contributed by atoms with Gasteiger partial charge in [0.1, 0.15) is 0 Å². The quantitative estimate of drug-likeness (QED) is 0.693. The number of fused-ring (bicyclic) bond motifs is 1. The maximum absolute atomic E-state index is 12.8. The molecule has 5 nitrogen and oxygen atoms in total. The molecule has 0 bridgehead atoms. The van der Waals surface area contributed by atoms with E-state index in [1.165, 1.54) is 4.90 Å². The molecule has 1 atom stereocenters. The lowest BCUT2D eigenvalue weighted by Gasteiger charge is -2.19. The van der Waals surface area contributed by atoms with Gasteiger partial charge in [-0.25, -0.2) is 0 Å². The van der Waals surface area contributed by atoms with E-state index in [1.807, 2.05) is 24.3 Å². The van der Waals surface area contributed by atoms with Crippen LogP contribution in [0.4, 0.5) is 15.3 Å². The summed E-state index contributed by atoms with van der Waals surface area (Å²) >= 11 is 0. The van der Waals surface area contributed by atoms with E-state index in [1.54, 1.807) is 12.1 Å². The van der Waals surface area contributed by atoms with Gasteiger partial charge in [-0.05, 0) is 22.9 Å². The largest absolute Gasteiger partial charge is 0.397 e. The molecule has 22 heavy (non-hydrogen) atoms. The molecule has 0 saturated carbocycles. The zero-order valence-corrected chi connectivity index (χ0v) is 12.5. The first-order valence-electron chi connectivity index (χ1n) is 6.84. The number of nitrogens with two attached hydrogens (primary N) is 1. The summed E-state index contributed by atoms with van der Waals surface area (Å²) in [5.41, 5.74) is 7.00. The van der Waals surface area contributed by atoms with Gasteiger partial charge in [0.25, 0.3) is 0 Å². The summed E-state index contributed by atoms with van der Waals surface area (Å²) in [6, 6.07) is 11.2. The molecular formula is C15H15FN2O3S. The number of carbonyl (C=O) groups excluding carboxylic acids is 1. The van der Waals surface area contributed by atoms with Crippen molar-refractivity contribution in [2.45, 2.75) is 6.42 Å². The molecule has 1 aliphatic rings. The van der Waals surface area contributed by atoms with E-state index in [-0.39, 0.29) is 18.9 Å². The summed E-state index contributed by atoms with van der Waals surface area (Å²) in [6.07, 6.45) is 0.00934. The number of rotatable bonds is 3. The Morgan fingerprint density at radius 2 is 1.86 bits per heavy atom. The van der Waals surface area contributed by atoms with Crippen LogP contribution < -0.4 is 10.6 Å². The zero-order chi connectivity index (χ0) is 15.9. The van der Waals surface area contributed by atoms with E-state index < -0.39 is 21.9 Å². The molecule has 2 aromatic rings. The number of hydrogen-bond donors (Lipinski definition) is 1. The average molecular weight is 322 g/mol. The molecule has 116 valence electrons. The van der Waals surface area contributed by atoms with Gasteiger partial charge < -0.3 is 10.6 Å². The van der Waals surface area contributed by atoms with E-state index in [4.69, 9.17) is 5.73 Å². The zero-order valence-electron chi connectivity index (χ0n) is 11.7. The maximum Gasteiger partial charge on any atom is 0.302 e. The first-order valence-corrected chi connectivity index (χ1v) is 8.40. The Hall–Kier alpha value is -2.15. The molecule has 7 heteroatoms.